The largest absolute Gasteiger partial charge is 0.476 e. The van der Waals surface area contributed by atoms with Crippen molar-refractivity contribution in [3.05, 3.63) is 38.0 Å². The van der Waals surface area contributed by atoms with E-state index in [0.29, 0.717) is 9.26 Å². The van der Waals surface area contributed by atoms with E-state index in [1.165, 1.54) is 0 Å². The molecule has 21 heavy (non-hydrogen) atoms. The Balaban J connectivity index is 2.11. The predicted octanol–water partition coefficient (Wildman–Crippen LogP) is 4.73. The maximum absolute atomic E-state index is 11.6. The van der Waals surface area contributed by atoms with E-state index in [1.54, 1.807) is 4.68 Å². The van der Waals surface area contributed by atoms with Crippen molar-refractivity contribution in [2.24, 2.45) is 0 Å². The van der Waals surface area contributed by atoms with Gasteiger partial charge >= 0.3 is 5.97 Å². The Morgan fingerprint density at radius 3 is 2.48 bits per heavy atom. The zero-order valence-electron chi connectivity index (χ0n) is 11.2. The Labute approximate surface area is 144 Å². The van der Waals surface area contributed by atoms with E-state index in [2.05, 4.69) is 43.6 Å². The number of carboxylic acid groups (broad SMARTS) is 1. The van der Waals surface area contributed by atoms with Gasteiger partial charge in [0.25, 0.3) is 0 Å². The van der Waals surface area contributed by atoms with Gasteiger partial charge < -0.3 is 5.11 Å². The molecule has 0 radical (unpaired) electrons. The smallest absolute Gasteiger partial charge is 0.355 e. The molecule has 0 aliphatic heterocycles. The average Bonchev–Trinajstić information content (AvgIpc) is 3.07. The van der Waals surface area contributed by atoms with E-state index in [4.69, 9.17) is 0 Å². The summed E-state index contributed by atoms with van der Waals surface area (Å²) in [5.41, 5.74) is 2.02. The molecule has 4 nitrogen and oxygen atoms in total. The number of aromatic nitrogens is 2. The van der Waals surface area contributed by atoms with Crippen LogP contribution in [0.15, 0.2) is 28.7 Å². The highest BCUT2D eigenvalue weighted by Crippen LogP contribution is 2.35. The fourth-order valence-electron chi connectivity index (χ4n) is 2.81. The Kier molecular flexibility index (Phi) is 4.35. The van der Waals surface area contributed by atoms with Gasteiger partial charge in [-0.15, -0.1) is 0 Å². The number of hydrogen-bond donors (Lipinski definition) is 1. The molecule has 1 N–H and O–H groups in total. The summed E-state index contributed by atoms with van der Waals surface area (Å²) >= 11 is 5.51. The lowest BCUT2D eigenvalue weighted by Crippen LogP contribution is -2.15. The van der Waals surface area contributed by atoms with Gasteiger partial charge in [0, 0.05) is 10.0 Å². The molecule has 0 saturated heterocycles. The third-order valence-electron chi connectivity index (χ3n) is 3.84. The average molecular weight is 461 g/mol. The first-order valence-corrected chi connectivity index (χ1v) is 8.72. The van der Waals surface area contributed by atoms with Crippen LogP contribution in [-0.2, 0) is 0 Å². The molecule has 1 heterocycles. The third kappa shape index (κ3) is 2.88. The minimum absolute atomic E-state index is 0.216. The maximum Gasteiger partial charge on any atom is 0.355 e. The molecule has 6 heteroatoms. The molecule has 1 aromatic heterocycles. The molecule has 2 aromatic rings. The van der Waals surface area contributed by atoms with Crippen molar-refractivity contribution in [2.75, 3.05) is 0 Å². The van der Waals surface area contributed by atoms with Crippen LogP contribution in [0.3, 0.4) is 0 Å². The standard InChI is InChI=1S/C15H14BrIN2O2/c16-10-7-5-9(6-8-10)13-12(17)14(15(20)21)19(18-13)11-3-1-2-4-11/h5-8,11H,1-4H2,(H,20,21). The molecule has 0 atom stereocenters. The van der Waals surface area contributed by atoms with Gasteiger partial charge in [0.15, 0.2) is 5.69 Å². The first-order chi connectivity index (χ1) is 10.1. The zero-order chi connectivity index (χ0) is 15.0. The Morgan fingerprint density at radius 1 is 1.29 bits per heavy atom. The summed E-state index contributed by atoms with van der Waals surface area (Å²) in [6.07, 6.45) is 4.32. The van der Waals surface area contributed by atoms with E-state index in [0.717, 1.165) is 41.4 Å². The van der Waals surface area contributed by atoms with E-state index < -0.39 is 5.97 Å². The number of carboxylic acids is 1. The van der Waals surface area contributed by atoms with E-state index >= 15 is 0 Å². The molecule has 110 valence electrons. The highest BCUT2D eigenvalue weighted by molar-refractivity contribution is 14.1. The van der Waals surface area contributed by atoms with Crippen molar-refractivity contribution >= 4 is 44.5 Å². The van der Waals surface area contributed by atoms with Gasteiger partial charge in [-0.2, -0.15) is 5.10 Å². The second kappa shape index (κ2) is 6.08. The normalized spacial score (nSPS) is 15.5. The molecule has 3 rings (SSSR count). The summed E-state index contributed by atoms with van der Waals surface area (Å²) in [5.74, 6) is -0.901. The monoisotopic (exact) mass is 460 g/mol. The molecule has 1 saturated carbocycles. The molecule has 1 fully saturated rings. The Hall–Kier alpha value is -0.890. The lowest BCUT2D eigenvalue weighted by atomic mass is 10.1. The lowest BCUT2D eigenvalue weighted by Gasteiger charge is -2.11. The molecule has 0 spiro atoms. The summed E-state index contributed by atoms with van der Waals surface area (Å²) < 4.78 is 3.44. The van der Waals surface area contributed by atoms with E-state index in [9.17, 15) is 9.90 Å². The van der Waals surface area contributed by atoms with E-state index in [1.807, 2.05) is 24.3 Å². The summed E-state index contributed by atoms with van der Waals surface area (Å²) in [6.45, 7) is 0. The van der Waals surface area contributed by atoms with Gasteiger partial charge in [-0.25, -0.2) is 4.79 Å². The maximum atomic E-state index is 11.6. The van der Waals surface area contributed by atoms with Crippen LogP contribution in [0.4, 0.5) is 0 Å². The van der Waals surface area contributed by atoms with Crippen LogP contribution in [0.1, 0.15) is 42.2 Å². The molecule has 1 aliphatic carbocycles. The van der Waals surface area contributed by atoms with Gasteiger partial charge in [0.2, 0.25) is 0 Å². The second-order valence-electron chi connectivity index (χ2n) is 5.21. The third-order valence-corrected chi connectivity index (χ3v) is 5.39. The molecule has 1 aliphatic rings. The molecular weight excluding hydrogens is 447 g/mol. The highest BCUT2D eigenvalue weighted by Gasteiger charge is 2.28. The van der Waals surface area contributed by atoms with Gasteiger partial charge in [0.1, 0.15) is 5.69 Å². The number of hydrogen-bond acceptors (Lipinski definition) is 2. The molecular formula is C15H14BrIN2O2. The number of aromatic carboxylic acids is 1. The Bertz CT molecular complexity index is 676. The minimum atomic E-state index is -0.901. The number of nitrogens with zero attached hydrogens (tertiary/aromatic N) is 2. The number of carbonyl (C=O) groups is 1. The van der Waals surface area contributed by atoms with Crippen LogP contribution < -0.4 is 0 Å². The minimum Gasteiger partial charge on any atom is -0.476 e. The molecule has 0 amide bonds. The van der Waals surface area contributed by atoms with Crippen LogP contribution in [0.5, 0.6) is 0 Å². The zero-order valence-corrected chi connectivity index (χ0v) is 15.0. The predicted molar refractivity (Wildman–Crippen MR) is 92.5 cm³/mol. The second-order valence-corrected chi connectivity index (χ2v) is 7.20. The molecule has 0 bridgehead atoms. The van der Waals surface area contributed by atoms with Gasteiger partial charge in [-0.3, -0.25) is 4.68 Å². The highest BCUT2D eigenvalue weighted by atomic mass is 127. The number of halogens is 2. The summed E-state index contributed by atoms with van der Waals surface area (Å²) in [7, 11) is 0. The van der Waals surface area contributed by atoms with Crippen molar-refractivity contribution in [3.63, 3.8) is 0 Å². The topological polar surface area (TPSA) is 55.1 Å². The summed E-state index contributed by atoms with van der Waals surface area (Å²) in [6, 6.07) is 8.02. The van der Waals surface area contributed by atoms with Crippen molar-refractivity contribution in [1.82, 2.24) is 9.78 Å². The van der Waals surface area contributed by atoms with Crippen LogP contribution in [-0.4, -0.2) is 20.9 Å². The number of benzene rings is 1. The molecule has 0 unspecified atom stereocenters. The van der Waals surface area contributed by atoms with Crippen molar-refractivity contribution < 1.29 is 9.90 Å². The first kappa shape index (κ1) is 15.0. The van der Waals surface area contributed by atoms with Gasteiger partial charge in [-0.05, 0) is 47.6 Å². The van der Waals surface area contributed by atoms with Crippen LogP contribution in [0.2, 0.25) is 0 Å². The summed E-state index contributed by atoms with van der Waals surface area (Å²) in [4.78, 5) is 11.6. The number of rotatable bonds is 3. The van der Waals surface area contributed by atoms with Crippen molar-refractivity contribution in [1.29, 1.82) is 0 Å². The quantitative estimate of drug-likeness (QED) is 0.673. The summed E-state index contributed by atoms with van der Waals surface area (Å²) in [5, 5.41) is 14.2. The first-order valence-electron chi connectivity index (χ1n) is 6.85. The van der Waals surface area contributed by atoms with Crippen molar-refractivity contribution in [2.45, 2.75) is 31.7 Å². The molecule has 1 aromatic carbocycles. The van der Waals surface area contributed by atoms with E-state index in [-0.39, 0.29) is 6.04 Å². The fraction of sp³-hybridized carbons (Fsp3) is 0.333. The van der Waals surface area contributed by atoms with Crippen LogP contribution >= 0.6 is 38.5 Å². The van der Waals surface area contributed by atoms with Gasteiger partial charge in [-0.1, -0.05) is 40.9 Å². The van der Waals surface area contributed by atoms with Crippen LogP contribution in [0, 0.1) is 3.57 Å². The van der Waals surface area contributed by atoms with Gasteiger partial charge in [0.05, 0.1) is 9.61 Å². The van der Waals surface area contributed by atoms with Crippen molar-refractivity contribution in [3.8, 4) is 11.3 Å². The SMILES string of the molecule is O=C(O)c1c(I)c(-c2ccc(Br)cc2)nn1C1CCCC1. The fourth-order valence-corrected chi connectivity index (χ4v) is 3.97. The lowest BCUT2D eigenvalue weighted by molar-refractivity contribution is 0.0679. The Morgan fingerprint density at radius 2 is 1.90 bits per heavy atom. The van der Waals surface area contributed by atoms with Crippen LogP contribution in [0.25, 0.3) is 11.3 Å².